The van der Waals surface area contributed by atoms with Crippen molar-refractivity contribution >= 4 is 5.96 Å². The first-order valence-corrected chi connectivity index (χ1v) is 9.67. The van der Waals surface area contributed by atoms with E-state index < -0.39 is 0 Å². The second-order valence-electron chi connectivity index (χ2n) is 7.16. The molecule has 0 radical (unpaired) electrons. The summed E-state index contributed by atoms with van der Waals surface area (Å²) < 4.78 is 5.80. The number of rotatable bonds is 8. The van der Waals surface area contributed by atoms with E-state index in [1.165, 1.54) is 32.4 Å². The van der Waals surface area contributed by atoms with Crippen LogP contribution in [0, 0.1) is 5.92 Å². The van der Waals surface area contributed by atoms with Gasteiger partial charge >= 0.3 is 0 Å². The van der Waals surface area contributed by atoms with Gasteiger partial charge in [-0.15, -0.1) is 0 Å². The van der Waals surface area contributed by atoms with Gasteiger partial charge in [0, 0.05) is 32.7 Å². The zero-order valence-electron chi connectivity index (χ0n) is 15.7. The Morgan fingerprint density at radius 2 is 2.08 bits per heavy atom. The molecule has 1 aromatic carbocycles. The maximum absolute atomic E-state index is 5.80. The molecule has 1 heterocycles. The number of nitrogens with zero attached hydrogens (tertiary/aromatic N) is 3. The zero-order chi connectivity index (χ0) is 17.5. The van der Waals surface area contributed by atoms with Crippen molar-refractivity contribution in [2.75, 3.05) is 46.4 Å². The number of guanidine groups is 1. The molecule has 1 saturated heterocycles. The van der Waals surface area contributed by atoms with Gasteiger partial charge in [0.2, 0.25) is 0 Å². The number of para-hydroxylation sites is 1. The lowest BCUT2D eigenvalue weighted by atomic mass is 10.1. The lowest BCUT2D eigenvalue weighted by Crippen LogP contribution is -2.41. The number of hydrogen-bond donors (Lipinski definition) is 1. The fraction of sp³-hybridized carbons (Fsp3) is 0.650. The van der Waals surface area contributed by atoms with Crippen molar-refractivity contribution in [2.45, 2.75) is 32.2 Å². The monoisotopic (exact) mass is 344 g/mol. The molecule has 0 spiro atoms. The summed E-state index contributed by atoms with van der Waals surface area (Å²) in [5, 5.41) is 3.41. The highest BCUT2D eigenvalue weighted by molar-refractivity contribution is 5.79. The molecule has 1 N–H and O–H groups in total. The SMILES string of the molecule is CCNC(=NCC1CCN(C2CC2)C1)N(C)CCOc1ccccc1. The number of likely N-dealkylation sites (tertiary alicyclic amines) is 1. The standard InChI is InChI=1S/C20H32N4O/c1-3-21-20(22-15-17-11-12-24(16-17)18-9-10-18)23(2)13-14-25-19-7-5-4-6-8-19/h4-8,17-18H,3,9-16H2,1-2H3,(H,21,22). The third kappa shape index (κ3) is 5.63. The Balaban J connectivity index is 1.43. The van der Waals surface area contributed by atoms with E-state index in [4.69, 9.17) is 9.73 Å². The number of nitrogens with one attached hydrogen (secondary N) is 1. The van der Waals surface area contributed by atoms with Crippen LogP contribution < -0.4 is 10.1 Å². The molecule has 1 unspecified atom stereocenters. The quantitative estimate of drug-likeness (QED) is 0.581. The van der Waals surface area contributed by atoms with E-state index in [1.807, 2.05) is 30.3 Å². The van der Waals surface area contributed by atoms with Gasteiger partial charge in [0.1, 0.15) is 12.4 Å². The third-order valence-corrected chi connectivity index (χ3v) is 5.01. The summed E-state index contributed by atoms with van der Waals surface area (Å²) in [6.45, 7) is 7.91. The molecule has 0 aromatic heterocycles. The van der Waals surface area contributed by atoms with Crippen molar-refractivity contribution in [3.8, 4) is 5.75 Å². The highest BCUT2D eigenvalue weighted by Crippen LogP contribution is 2.31. The van der Waals surface area contributed by atoms with Gasteiger partial charge in [-0.05, 0) is 50.8 Å². The summed E-state index contributed by atoms with van der Waals surface area (Å²) >= 11 is 0. The van der Waals surface area contributed by atoms with Crippen LogP contribution in [0.3, 0.4) is 0 Å². The van der Waals surface area contributed by atoms with Gasteiger partial charge in [-0.1, -0.05) is 18.2 Å². The Bertz CT molecular complexity index is 544. The molecule has 5 nitrogen and oxygen atoms in total. The molecule has 25 heavy (non-hydrogen) atoms. The first-order chi connectivity index (χ1) is 12.3. The normalized spacial score (nSPS) is 21.4. The Labute approximate surface area is 152 Å². The number of hydrogen-bond acceptors (Lipinski definition) is 3. The highest BCUT2D eigenvalue weighted by atomic mass is 16.5. The third-order valence-electron chi connectivity index (χ3n) is 5.01. The maximum Gasteiger partial charge on any atom is 0.193 e. The van der Waals surface area contributed by atoms with Gasteiger partial charge in [0.25, 0.3) is 0 Å². The van der Waals surface area contributed by atoms with Crippen molar-refractivity contribution < 1.29 is 4.74 Å². The van der Waals surface area contributed by atoms with Gasteiger partial charge < -0.3 is 19.9 Å². The average molecular weight is 345 g/mol. The first kappa shape index (κ1) is 18.1. The lowest BCUT2D eigenvalue weighted by molar-refractivity contribution is 0.281. The van der Waals surface area contributed by atoms with E-state index in [2.05, 4.69) is 29.1 Å². The minimum atomic E-state index is 0.657. The van der Waals surface area contributed by atoms with E-state index in [0.29, 0.717) is 12.5 Å². The minimum Gasteiger partial charge on any atom is -0.492 e. The summed E-state index contributed by atoms with van der Waals surface area (Å²) in [7, 11) is 2.08. The topological polar surface area (TPSA) is 40.1 Å². The van der Waals surface area contributed by atoms with Crippen LogP contribution >= 0.6 is 0 Å². The Kier molecular flexibility index (Phi) is 6.56. The predicted octanol–water partition coefficient (Wildman–Crippen LogP) is 2.45. The van der Waals surface area contributed by atoms with Crippen LogP contribution in [0.25, 0.3) is 0 Å². The molecule has 0 amide bonds. The van der Waals surface area contributed by atoms with Crippen LogP contribution in [-0.4, -0.2) is 68.2 Å². The molecule has 1 saturated carbocycles. The molecule has 1 aliphatic carbocycles. The number of likely N-dealkylation sites (N-methyl/N-ethyl adjacent to an activating group) is 1. The Morgan fingerprint density at radius 1 is 1.28 bits per heavy atom. The van der Waals surface area contributed by atoms with E-state index in [9.17, 15) is 0 Å². The van der Waals surface area contributed by atoms with Crippen LogP contribution in [0.2, 0.25) is 0 Å². The molecule has 0 bridgehead atoms. The van der Waals surface area contributed by atoms with Crippen LogP contribution in [0.5, 0.6) is 5.75 Å². The fourth-order valence-electron chi connectivity index (χ4n) is 3.39. The predicted molar refractivity (Wildman–Crippen MR) is 103 cm³/mol. The highest BCUT2D eigenvalue weighted by Gasteiger charge is 2.34. The van der Waals surface area contributed by atoms with Crippen molar-refractivity contribution in [1.82, 2.24) is 15.1 Å². The van der Waals surface area contributed by atoms with Gasteiger partial charge in [-0.2, -0.15) is 0 Å². The largest absolute Gasteiger partial charge is 0.492 e. The van der Waals surface area contributed by atoms with E-state index >= 15 is 0 Å². The Morgan fingerprint density at radius 3 is 2.80 bits per heavy atom. The molecule has 1 aromatic rings. The van der Waals surface area contributed by atoms with Gasteiger partial charge in [-0.3, -0.25) is 4.99 Å². The van der Waals surface area contributed by atoms with Crippen molar-refractivity contribution in [3.63, 3.8) is 0 Å². The second-order valence-corrected chi connectivity index (χ2v) is 7.16. The Hall–Kier alpha value is -1.75. The average Bonchev–Trinajstić information content (AvgIpc) is 3.38. The number of ether oxygens (including phenoxy) is 1. The molecule has 138 valence electrons. The summed E-state index contributed by atoms with van der Waals surface area (Å²) in [6, 6.07) is 10.9. The smallest absolute Gasteiger partial charge is 0.193 e. The lowest BCUT2D eigenvalue weighted by Gasteiger charge is -2.22. The summed E-state index contributed by atoms with van der Waals surface area (Å²) in [6.07, 6.45) is 4.10. The van der Waals surface area contributed by atoms with Crippen molar-refractivity contribution in [3.05, 3.63) is 30.3 Å². The second kappa shape index (κ2) is 9.09. The number of aliphatic imine (C=N–C) groups is 1. The molecule has 5 heteroatoms. The van der Waals surface area contributed by atoms with E-state index in [1.54, 1.807) is 0 Å². The van der Waals surface area contributed by atoms with Crippen molar-refractivity contribution in [2.24, 2.45) is 10.9 Å². The molecule has 2 fully saturated rings. The molecule has 2 aliphatic rings. The van der Waals surface area contributed by atoms with Crippen LogP contribution in [0.4, 0.5) is 0 Å². The van der Waals surface area contributed by atoms with E-state index in [0.717, 1.165) is 37.4 Å². The van der Waals surface area contributed by atoms with Crippen molar-refractivity contribution in [1.29, 1.82) is 0 Å². The minimum absolute atomic E-state index is 0.657. The van der Waals surface area contributed by atoms with Gasteiger partial charge in [-0.25, -0.2) is 0 Å². The molecule has 1 atom stereocenters. The van der Waals surface area contributed by atoms with Gasteiger partial charge in [0.05, 0.1) is 6.54 Å². The molecule has 3 rings (SSSR count). The first-order valence-electron chi connectivity index (χ1n) is 9.67. The number of benzene rings is 1. The van der Waals surface area contributed by atoms with Crippen LogP contribution in [0.1, 0.15) is 26.2 Å². The fourth-order valence-corrected chi connectivity index (χ4v) is 3.39. The van der Waals surface area contributed by atoms with Gasteiger partial charge in [0.15, 0.2) is 5.96 Å². The zero-order valence-corrected chi connectivity index (χ0v) is 15.7. The molecule has 1 aliphatic heterocycles. The van der Waals surface area contributed by atoms with Crippen LogP contribution in [0.15, 0.2) is 35.3 Å². The molecular formula is C20H32N4O. The summed E-state index contributed by atoms with van der Waals surface area (Å²) in [4.78, 5) is 9.71. The molecular weight excluding hydrogens is 312 g/mol. The van der Waals surface area contributed by atoms with E-state index in [-0.39, 0.29) is 0 Å². The summed E-state index contributed by atoms with van der Waals surface area (Å²) in [5.41, 5.74) is 0. The summed E-state index contributed by atoms with van der Waals surface area (Å²) in [5.74, 6) is 2.62. The maximum atomic E-state index is 5.80. The van der Waals surface area contributed by atoms with Crippen LogP contribution in [-0.2, 0) is 0 Å².